The number of pyridine rings is 2. The van der Waals surface area contributed by atoms with Crippen LogP contribution in [0.3, 0.4) is 0 Å². The largest absolute Gasteiger partial charge is 0.494 e. The third-order valence-corrected chi connectivity index (χ3v) is 5.41. The van der Waals surface area contributed by atoms with Crippen LogP contribution in [0.25, 0.3) is 10.9 Å². The molecule has 2 N–H and O–H groups in total. The van der Waals surface area contributed by atoms with Crippen molar-refractivity contribution in [3.05, 3.63) is 70.3 Å². The summed E-state index contributed by atoms with van der Waals surface area (Å²) >= 11 is 5.70. The highest BCUT2D eigenvalue weighted by atomic mass is 32.1. The summed E-state index contributed by atoms with van der Waals surface area (Å²) < 4.78 is 5.61. The Morgan fingerprint density at radius 1 is 1.22 bits per heavy atom. The van der Waals surface area contributed by atoms with Crippen LogP contribution in [0, 0.1) is 0 Å². The van der Waals surface area contributed by atoms with Crippen LogP contribution in [0.4, 0.5) is 0 Å². The van der Waals surface area contributed by atoms with Gasteiger partial charge < -0.3 is 24.8 Å². The van der Waals surface area contributed by atoms with Gasteiger partial charge in [0, 0.05) is 41.9 Å². The number of nitrogens with zero attached hydrogens (tertiary/aromatic N) is 3. The highest BCUT2D eigenvalue weighted by Gasteiger charge is 2.14. The van der Waals surface area contributed by atoms with E-state index in [0.717, 1.165) is 41.7 Å². The Hall–Kier alpha value is -2.97. The van der Waals surface area contributed by atoms with Gasteiger partial charge in [0.25, 0.3) is 5.56 Å². The Morgan fingerprint density at radius 2 is 2.06 bits per heavy atom. The minimum absolute atomic E-state index is 0.117. The van der Waals surface area contributed by atoms with Crippen LogP contribution in [-0.2, 0) is 13.1 Å². The van der Waals surface area contributed by atoms with Gasteiger partial charge in [0.15, 0.2) is 5.11 Å². The summed E-state index contributed by atoms with van der Waals surface area (Å²) in [4.78, 5) is 24.1. The van der Waals surface area contributed by atoms with Crippen molar-refractivity contribution in [1.82, 2.24) is 25.1 Å². The maximum atomic E-state index is 12.8. The third kappa shape index (κ3) is 6.77. The fraction of sp³-hybridized carbons (Fsp3) is 0.375. The van der Waals surface area contributed by atoms with Gasteiger partial charge in [-0.25, -0.2) is 0 Å². The molecule has 2 heterocycles. The molecule has 3 rings (SSSR count). The molecule has 32 heavy (non-hydrogen) atoms. The Balaban J connectivity index is 1.82. The summed E-state index contributed by atoms with van der Waals surface area (Å²) in [6.45, 7) is 5.24. The summed E-state index contributed by atoms with van der Waals surface area (Å²) in [5, 5.41) is 4.89. The summed E-state index contributed by atoms with van der Waals surface area (Å²) in [6, 6.07) is 11.5. The van der Waals surface area contributed by atoms with Gasteiger partial charge in [-0.2, -0.15) is 0 Å². The van der Waals surface area contributed by atoms with Crippen LogP contribution in [0.2, 0.25) is 0 Å². The van der Waals surface area contributed by atoms with E-state index < -0.39 is 0 Å². The average Bonchev–Trinajstić information content (AvgIpc) is 2.77. The molecular weight excluding hydrogens is 422 g/mol. The van der Waals surface area contributed by atoms with Crippen molar-refractivity contribution in [2.75, 3.05) is 33.8 Å². The predicted octanol–water partition coefficient (Wildman–Crippen LogP) is 3.15. The van der Waals surface area contributed by atoms with Crippen LogP contribution < -0.4 is 15.6 Å². The summed E-state index contributed by atoms with van der Waals surface area (Å²) in [7, 11) is 4.10. The fourth-order valence-corrected chi connectivity index (χ4v) is 3.65. The van der Waals surface area contributed by atoms with Crippen molar-refractivity contribution in [2.45, 2.75) is 26.4 Å². The van der Waals surface area contributed by atoms with Gasteiger partial charge in [0.05, 0.1) is 13.2 Å². The number of hydrogen-bond acceptors (Lipinski definition) is 5. The summed E-state index contributed by atoms with van der Waals surface area (Å²) in [5.74, 6) is 0.781. The maximum absolute atomic E-state index is 12.8. The molecule has 0 bridgehead atoms. The van der Waals surface area contributed by atoms with Gasteiger partial charge in [-0.1, -0.05) is 6.07 Å². The molecular formula is C24H31N5O2S. The van der Waals surface area contributed by atoms with Gasteiger partial charge in [-0.05, 0) is 82.1 Å². The lowest BCUT2D eigenvalue weighted by molar-refractivity contribution is 0.340. The highest BCUT2D eigenvalue weighted by Crippen LogP contribution is 2.20. The monoisotopic (exact) mass is 453 g/mol. The topological polar surface area (TPSA) is 73.5 Å². The Morgan fingerprint density at radius 3 is 2.78 bits per heavy atom. The van der Waals surface area contributed by atoms with Gasteiger partial charge >= 0.3 is 0 Å². The van der Waals surface area contributed by atoms with Crippen molar-refractivity contribution in [2.24, 2.45) is 0 Å². The Labute approximate surface area is 194 Å². The molecule has 0 aliphatic carbocycles. The molecule has 3 aromatic rings. The minimum Gasteiger partial charge on any atom is -0.494 e. The van der Waals surface area contributed by atoms with E-state index in [1.807, 2.05) is 54.4 Å². The minimum atomic E-state index is -0.117. The number of ether oxygens (including phenoxy) is 1. The van der Waals surface area contributed by atoms with Gasteiger partial charge in [-0.15, -0.1) is 0 Å². The first-order chi connectivity index (χ1) is 15.5. The second kappa shape index (κ2) is 11.6. The van der Waals surface area contributed by atoms with Crippen molar-refractivity contribution in [3.8, 4) is 5.75 Å². The van der Waals surface area contributed by atoms with E-state index in [0.29, 0.717) is 30.4 Å². The van der Waals surface area contributed by atoms with E-state index >= 15 is 0 Å². The first kappa shape index (κ1) is 23.7. The molecule has 0 atom stereocenters. The number of rotatable bonds is 10. The molecule has 0 saturated heterocycles. The number of aromatic amines is 1. The molecule has 7 nitrogen and oxygen atoms in total. The number of aromatic nitrogens is 2. The molecule has 0 unspecified atom stereocenters. The molecule has 0 fully saturated rings. The molecule has 0 saturated carbocycles. The predicted molar refractivity (Wildman–Crippen MR) is 133 cm³/mol. The zero-order chi connectivity index (χ0) is 22.9. The lowest BCUT2D eigenvalue weighted by Crippen LogP contribution is -2.40. The standard InChI is InChI=1S/C24H31N5O2S/c1-4-31-21-8-9-22-19(14-21)13-20(23(30)27-22)17-29(16-18-7-5-10-25-15-18)24(32)26-11-6-12-28(2)3/h5,7-10,13-15H,4,6,11-12,16-17H2,1-3H3,(H,26,32)(H,27,30). The normalized spacial score (nSPS) is 11.0. The number of fused-ring (bicyclic) bond motifs is 1. The molecule has 2 aromatic heterocycles. The van der Waals surface area contributed by atoms with E-state index in [1.165, 1.54) is 0 Å². The molecule has 8 heteroatoms. The number of nitrogens with one attached hydrogen (secondary N) is 2. The van der Waals surface area contributed by atoms with E-state index in [9.17, 15) is 4.79 Å². The van der Waals surface area contributed by atoms with Crippen LogP contribution in [0.1, 0.15) is 24.5 Å². The van der Waals surface area contributed by atoms with Crippen LogP contribution in [-0.4, -0.2) is 58.7 Å². The van der Waals surface area contributed by atoms with Crippen molar-refractivity contribution in [1.29, 1.82) is 0 Å². The second-order valence-electron chi connectivity index (χ2n) is 7.91. The molecule has 0 aliphatic heterocycles. The lowest BCUT2D eigenvalue weighted by Gasteiger charge is -2.26. The molecule has 0 amide bonds. The van der Waals surface area contributed by atoms with E-state index in [1.54, 1.807) is 6.20 Å². The third-order valence-electron chi connectivity index (χ3n) is 5.01. The molecule has 0 radical (unpaired) electrons. The first-order valence-corrected chi connectivity index (χ1v) is 11.2. The Bertz CT molecular complexity index is 1080. The zero-order valence-corrected chi connectivity index (χ0v) is 19.7. The Kier molecular flexibility index (Phi) is 8.58. The maximum Gasteiger partial charge on any atom is 0.253 e. The van der Waals surface area contributed by atoms with Crippen molar-refractivity contribution < 1.29 is 4.74 Å². The van der Waals surface area contributed by atoms with E-state index in [-0.39, 0.29) is 5.56 Å². The van der Waals surface area contributed by atoms with Gasteiger partial charge in [0.1, 0.15) is 5.75 Å². The van der Waals surface area contributed by atoms with E-state index in [4.69, 9.17) is 17.0 Å². The highest BCUT2D eigenvalue weighted by molar-refractivity contribution is 7.80. The van der Waals surface area contributed by atoms with Crippen molar-refractivity contribution in [3.63, 3.8) is 0 Å². The van der Waals surface area contributed by atoms with Crippen LogP contribution >= 0.6 is 12.2 Å². The molecule has 1 aromatic carbocycles. The molecule has 0 aliphatic rings. The molecule has 170 valence electrons. The van der Waals surface area contributed by atoms with Crippen molar-refractivity contribution >= 4 is 28.2 Å². The fourth-order valence-electron chi connectivity index (χ4n) is 3.42. The number of hydrogen-bond donors (Lipinski definition) is 2. The lowest BCUT2D eigenvalue weighted by atomic mass is 10.1. The average molecular weight is 454 g/mol. The first-order valence-electron chi connectivity index (χ1n) is 10.8. The van der Waals surface area contributed by atoms with Crippen LogP contribution in [0.15, 0.2) is 53.6 Å². The number of benzene rings is 1. The smallest absolute Gasteiger partial charge is 0.253 e. The summed E-state index contributed by atoms with van der Waals surface area (Å²) in [5.41, 5.74) is 2.34. The van der Waals surface area contributed by atoms with Crippen LogP contribution in [0.5, 0.6) is 5.75 Å². The van der Waals surface area contributed by atoms with Gasteiger partial charge in [0.2, 0.25) is 0 Å². The van der Waals surface area contributed by atoms with Gasteiger partial charge in [-0.3, -0.25) is 9.78 Å². The second-order valence-corrected chi connectivity index (χ2v) is 8.30. The summed E-state index contributed by atoms with van der Waals surface area (Å²) in [6.07, 6.45) is 4.54. The number of thiocarbonyl (C=S) groups is 1. The SMILES string of the molecule is CCOc1ccc2[nH]c(=O)c(CN(Cc3cccnc3)C(=S)NCCCN(C)C)cc2c1. The molecule has 0 spiro atoms. The quantitative estimate of drug-likeness (QED) is 0.361. The zero-order valence-electron chi connectivity index (χ0n) is 18.9. The number of H-pyrrole nitrogens is 1. The van der Waals surface area contributed by atoms with E-state index in [2.05, 4.69) is 34.3 Å².